The molecule has 0 saturated carbocycles. The van der Waals surface area contributed by atoms with Gasteiger partial charge in [0.15, 0.2) is 0 Å². The molecule has 5 heteroatoms. The summed E-state index contributed by atoms with van der Waals surface area (Å²) < 4.78 is 5.48. The van der Waals surface area contributed by atoms with Crippen molar-refractivity contribution >= 4 is 27.6 Å². The maximum Gasteiger partial charge on any atom is 0.316 e. The third kappa shape index (κ3) is 9.43. The molecule has 1 aromatic rings. The molecular formula is C17H23BrN2O2. The first-order chi connectivity index (χ1) is 10.7. The van der Waals surface area contributed by atoms with Crippen LogP contribution in [0.3, 0.4) is 0 Å². The Morgan fingerprint density at radius 3 is 2.77 bits per heavy atom. The molecule has 0 aromatic heterocycles. The zero-order valence-corrected chi connectivity index (χ0v) is 14.3. The van der Waals surface area contributed by atoms with Crippen molar-refractivity contribution in [3.8, 4) is 11.8 Å². The zero-order chi connectivity index (χ0) is 16.0. The van der Waals surface area contributed by atoms with Gasteiger partial charge >= 0.3 is 6.03 Å². The summed E-state index contributed by atoms with van der Waals surface area (Å²) in [6.45, 7) is 1.18. The van der Waals surface area contributed by atoms with Crippen LogP contribution in [0.4, 0.5) is 10.5 Å². The van der Waals surface area contributed by atoms with Crippen LogP contribution < -0.4 is 11.1 Å². The van der Waals surface area contributed by atoms with E-state index in [0.717, 1.165) is 23.9 Å². The van der Waals surface area contributed by atoms with Gasteiger partial charge in [0, 0.05) is 23.2 Å². The molecule has 0 aliphatic carbocycles. The molecular weight excluding hydrogens is 344 g/mol. The van der Waals surface area contributed by atoms with Crippen LogP contribution >= 0.6 is 15.9 Å². The molecule has 0 bridgehead atoms. The van der Waals surface area contributed by atoms with Gasteiger partial charge in [-0.3, -0.25) is 0 Å². The first-order valence-corrected chi connectivity index (χ1v) is 8.63. The highest BCUT2D eigenvalue weighted by molar-refractivity contribution is 9.09. The third-order valence-electron chi connectivity index (χ3n) is 2.96. The minimum atomic E-state index is -0.579. The minimum Gasteiger partial charge on any atom is -0.369 e. The number of carbonyl (C=O) groups is 1. The number of rotatable bonds is 9. The molecule has 1 aromatic carbocycles. The molecule has 1 rings (SSSR count). The molecule has 22 heavy (non-hydrogen) atoms. The number of unbranched alkanes of at least 4 members (excludes halogenated alkanes) is 4. The van der Waals surface area contributed by atoms with Crippen molar-refractivity contribution in [1.82, 2.24) is 0 Å². The van der Waals surface area contributed by atoms with Gasteiger partial charge in [-0.15, -0.1) is 0 Å². The average molecular weight is 367 g/mol. The van der Waals surface area contributed by atoms with E-state index >= 15 is 0 Å². The van der Waals surface area contributed by atoms with Gasteiger partial charge in [-0.25, -0.2) is 4.79 Å². The molecule has 0 fully saturated rings. The number of hydrogen-bond donors (Lipinski definition) is 2. The lowest BCUT2D eigenvalue weighted by Gasteiger charge is -2.01. The lowest BCUT2D eigenvalue weighted by molar-refractivity contribution is 0.162. The second-order valence-corrected chi connectivity index (χ2v) is 5.67. The first kappa shape index (κ1) is 18.5. The van der Waals surface area contributed by atoms with Crippen LogP contribution in [0.2, 0.25) is 0 Å². The Bertz CT molecular complexity index is 509. The van der Waals surface area contributed by atoms with Gasteiger partial charge in [0.05, 0.1) is 0 Å². The summed E-state index contributed by atoms with van der Waals surface area (Å²) in [6, 6.07) is 6.67. The molecule has 0 atom stereocenters. The van der Waals surface area contributed by atoms with Crippen LogP contribution in [-0.2, 0) is 4.74 Å². The van der Waals surface area contributed by atoms with Crippen LogP contribution in [0.1, 0.15) is 37.7 Å². The Kier molecular flexibility index (Phi) is 10.2. The van der Waals surface area contributed by atoms with E-state index in [4.69, 9.17) is 10.5 Å². The molecule has 120 valence electrons. The fourth-order valence-corrected chi connectivity index (χ4v) is 2.30. The van der Waals surface area contributed by atoms with Crippen molar-refractivity contribution in [2.24, 2.45) is 5.73 Å². The summed E-state index contributed by atoms with van der Waals surface area (Å²) in [5.41, 5.74) is 6.54. The van der Waals surface area contributed by atoms with Gasteiger partial charge in [-0.05, 0) is 31.0 Å². The van der Waals surface area contributed by atoms with E-state index in [0.29, 0.717) is 12.3 Å². The molecule has 0 unspecified atom stereocenters. The number of ether oxygens (including phenoxy) is 1. The van der Waals surface area contributed by atoms with Crippen molar-refractivity contribution in [3.63, 3.8) is 0 Å². The van der Waals surface area contributed by atoms with Gasteiger partial charge < -0.3 is 15.8 Å². The number of halogens is 1. The van der Waals surface area contributed by atoms with Gasteiger partial charge in [-0.2, -0.15) is 0 Å². The predicted molar refractivity (Wildman–Crippen MR) is 94.2 cm³/mol. The molecule has 2 amide bonds. The lowest BCUT2D eigenvalue weighted by Crippen LogP contribution is -2.19. The highest BCUT2D eigenvalue weighted by Crippen LogP contribution is 2.09. The first-order valence-electron chi connectivity index (χ1n) is 7.51. The fraction of sp³-hybridized carbons (Fsp3) is 0.471. The topological polar surface area (TPSA) is 64.4 Å². The number of nitrogens with one attached hydrogen (secondary N) is 1. The van der Waals surface area contributed by atoms with E-state index in [2.05, 4.69) is 33.1 Å². The summed E-state index contributed by atoms with van der Waals surface area (Å²) in [6.07, 6.45) is 6.08. The Labute approximate surface area is 140 Å². The Balaban J connectivity index is 2.17. The second kappa shape index (κ2) is 12.1. The zero-order valence-electron chi connectivity index (χ0n) is 12.7. The number of benzene rings is 1. The van der Waals surface area contributed by atoms with E-state index in [9.17, 15) is 4.79 Å². The molecule has 0 aliphatic heterocycles. The lowest BCUT2D eigenvalue weighted by atomic mass is 10.2. The number of amides is 2. The molecule has 0 radical (unpaired) electrons. The largest absolute Gasteiger partial charge is 0.369 e. The highest BCUT2D eigenvalue weighted by Gasteiger charge is 1.96. The maximum atomic E-state index is 10.8. The smallest absolute Gasteiger partial charge is 0.316 e. The Morgan fingerprint density at radius 2 is 2.00 bits per heavy atom. The predicted octanol–water partition coefficient (Wildman–Crippen LogP) is 3.89. The summed E-state index contributed by atoms with van der Waals surface area (Å²) in [5.74, 6) is 5.98. The fourth-order valence-electron chi connectivity index (χ4n) is 1.91. The number of hydrogen-bond acceptors (Lipinski definition) is 2. The summed E-state index contributed by atoms with van der Waals surface area (Å²) in [7, 11) is 0. The number of primary amides is 1. The van der Waals surface area contributed by atoms with Crippen molar-refractivity contribution in [2.75, 3.05) is 23.9 Å². The van der Waals surface area contributed by atoms with Crippen LogP contribution in [0.5, 0.6) is 0 Å². The molecule has 0 saturated heterocycles. The van der Waals surface area contributed by atoms with E-state index in [-0.39, 0.29) is 0 Å². The Hall–Kier alpha value is -1.51. The number of alkyl halides is 1. The van der Waals surface area contributed by atoms with Crippen molar-refractivity contribution < 1.29 is 9.53 Å². The minimum absolute atomic E-state index is 0.425. The summed E-state index contributed by atoms with van der Waals surface area (Å²) in [5, 5.41) is 3.61. The molecule has 0 heterocycles. The standard InChI is InChI=1S/C17H23BrN2O2/c18-11-4-2-1-3-5-12-22-13-7-9-15-8-6-10-16(14-15)20-17(19)21/h6,8,10,14H,1-5,11-13H2,(H3,19,20,21). The summed E-state index contributed by atoms with van der Waals surface area (Å²) in [4.78, 5) is 10.8. The van der Waals surface area contributed by atoms with Crippen LogP contribution in [0, 0.1) is 11.8 Å². The average Bonchev–Trinajstić information content (AvgIpc) is 2.49. The third-order valence-corrected chi connectivity index (χ3v) is 3.52. The van der Waals surface area contributed by atoms with Gasteiger partial charge in [0.1, 0.15) is 6.61 Å². The second-order valence-electron chi connectivity index (χ2n) is 4.88. The van der Waals surface area contributed by atoms with E-state index in [1.54, 1.807) is 12.1 Å². The van der Waals surface area contributed by atoms with Crippen LogP contribution in [0.25, 0.3) is 0 Å². The molecule has 4 nitrogen and oxygen atoms in total. The summed E-state index contributed by atoms with van der Waals surface area (Å²) >= 11 is 3.43. The number of urea groups is 1. The number of nitrogens with two attached hydrogens (primary N) is 1. The number of anilines is 1. The van der Waals surface area contributed by atoms with Crippen LogP contribution in [-0.4, -0.2) is 24.6 Å². The van der Waals surface area contributed by atoms with Crippen molar-refractivity contribution in [1.29, 1.82) is 0 Å². The van der Waals surface area contributed by atoms with E-state index in [1.807, 2.05) is 12.1 Å². The maximum absolute atomic E-state index is 10.8. The van der Waals surface area contributed by atoms with Gasteiger partial charge in [-0.1, -0.05) is 53.1 Å². The SMILES string of the molecule is NC(=O)Nc1cccc(C#CCOCCCCCCCBr)c1. The van der Waals surface area contributed by atoms with E-state index in [1.165, 1.54) is 25.7 Å². The monoisotopic (exact) mass is 366 g/mol. The molecule has 3 N–H and O–H groups in total. The normalized spacial score (nSPS) is 9.86. The van der Waals surface area contributed by atoms with Gasteiger partial charge in [0.25, 0.3) is 0 Å². The Morgan fingerprint density at radius 1 is 1.23 bits per heavy atom. The number of carbonyl (C=O) groups excluding carboxylic acids is 1. The van der Waals surface area contributed by atoms with Gasteiger partial charge in [0.2, 0.25) is 0 Å². The molecule has 0 spiro atoms. The highest BCUT2D eigenvalue weighted by atomic mass is 79.9. The van der Waals surface area contributed by atoms with Crippen molar-refractivity contribution in [2.45, 2.75) is 32.1 Å². The van der Waals surface area contributed by atoms with Crippen LogP contribution in [0.15, 0.2) is 24.3 Å². The molecule has 0 aliphatic rings. The van der Waals surface area contributed by atoms with E-state index < -0.39 is 6.03 Å². The quantitative estimate of drug-likeness (QED) is 0.395. The van der Waals surface area contributed by atoms with Crippen molar-refractivity contribution in [3.05, 3.63) is 29.8 Å².